The molecule has 146 valence electrons. The van der Waals surface area contributed by atoms with E-state index < -0.39 is 11.7 Å². The van der Waals surface area contributed by atoms with E-state index in [1.54, 1.807) is 32.0 Å². The number of hydrogen-bond donors (Lipinski definition) is 0. The second-order valence-electron chi connectivity index (χ2n) is 4.60. The van der Waals surface area contributed by atoms with Crippen LogP contribution in [0.25, 0.3) is 5.41 Å². The summed E-state index contributed by atoms with van der Waals surface area (Å²) in [6.07, 6.45) is -2.87. The van der Waals surface area contributed by atoms with E-state index in [1.807, 2.05) is 6.07 Å². The molecule has 0 fully saturated rings. The van der Waals surface area contributed by atoms with Crippen LogP contribution in [0, 0.1) is 6.92 Å². The maximum atomic E-state index is 12.4. The van der Waals surface area contributed by atoms with Gasteiger partial charge in [0, 0.05) is 6.38 Å². The second-order valence-corrected chi connectivity index (χ2v) is 4.60. The molecule has 0 amide bonds. The molecular weight excluding hydrogens is 386 g/mol. The Morgan fingerprint density at radius 3 is 2.04 bits per heavy atom. The van der Waals surface area contributed by atoms with Crippen LogP contribution in [0.5, 0.6) is 5.75 Å². The third-order valence-corrected chi connectivity index (χ3v) is 2.93. The molecule has 0 aliphatic rings. The predicted octanol–water partition coefficient (Wildman–Crippen LogP) is 4.00. The van der Waals surface area contributed by atoms with Gasteiger partial charge >= 0.3 is 35.7 Å². The van der Waals surface area contributed by atoms with E-state index in [9.17, 15) is 18.6 Å². The third kappa shape index (κ3) is 11.4. The van der Waals surface area contributed by atoms with Crippen molar-refractivity contribution in [3.8, 4) is 5.75 Å². The van der Waals surface area contributed by atoms with Crippen LogP contribution in [-0.2, 0) is 12.8 Å². The zero-order valence-corrected chi connectivity index (χ0v) is 18.2. The van der Waals surface area contributed by atoms with Crippen LogP contribution in [-0.4, -0.2) is 12.1 Å². The number of ether oxygens (including phenoxy) is 1. The van der Waals surface area contributed by atoms with Crippen LogP contribution < -0.4 is 34.3 Å². The maximum absolute atomic E-state index is 12.4. The van der Waals surface area contributed by atoms with Crippen LogP contribution in [0.2, 0.25) is 0 Å². The summed E-state index contributed by atoms with van der Waals surface area (Å²) in [5.41, 5.74) is 0.998. The van der Waals surface area contributed by atoms with Gasteiger partial charge < -0.3 is 17.1 Å². The number of alkyl halides is 4. The Bertz CT molecular complexity index is 646. The molecule has 0 N–H and O–H groups in total. The van der Waals surface area contributed by atoms with E-state index in [0.29, 0.717) is 11.3 Å². The monoisotopic (exact) mass is 410 g/mol. The standard InChI is InChI=1S/C16H13F3NO.C2H5.CH3Cl.CH4.Na/c1-11(20)13-4-2-3-12(9-13)10-21-15-7-5-14(6-8-15)16(17,18)19;2*1-2;;/h2-9H,10H2,1H3;1H2,2H3;1H3;1H4;/q2*-1;;;+1. The Morgan fingerprint density at radius 2 is 1.59 bits per heavy atom. The average molecular weight is 411 g/mol. The second kappa shape index (κ2) is 16.0. The van der Waals surface area contributed by atoms with Crippen molar-refractivity contribution in [1.29, 1.82) is 0 Å². The minimum absolute atomic E-state index is 0. The van der Waals surface area contributed by atoms with Crippen molar-refractivity contribution in [3.63, 3.8) is 0 Å². The summed E-state index contributed by atoms with van der Waals surface area (Å²) in [5.74, 6) is 0.359. The van der Waals surface area contributed by atoms with Crippen molar-refractivity contribution in [2.45, 2.75) is 34.1 Å². The molecule has 2 nitrogen and oxygen atoms in total. The van der Waals surface area contributed by atoms with Crippen molar-refractivity contribution in [2.24, 2.45) is 0 Å². The Balaban J connectivity index is -0.000000899. The van der Waals surface area contributed by atoms with Gasteiger partial charge in [-0.05, 0) is 41.5 Å². The molecule has 2 aromatic carbocycles. The first-order valence-corrected chi connectivity index (χ1v) is 8.12. The normalized spacial score (nSPS) is 9.19. The molecule has 0 radical (unpaired) electrons. The van der Waals surface area contributed by atoms with Gasteiger partial charge in [-0.25, -0.2) is 0 Å². The van der Waals surface area contributed by atoms with Crippen molar-refractivity contribution < 1.29 is 47.5 Å². The minimum Gasteiger partial charge on any atom is -0.807 e. The van der Waals surface area contributed by atoms with E-state index in [0.717, 1.165) is 17.7 Å². The van der Waals surface area contributed by atoms with Gasteiger partial charge in [-0.2, -0.15) is 25.8 Å². The van der Waals surface area contributed by atoms with Gasteiger partial charge in [0.1, 0.15) is 12.4 Å². The van der Waals surface area contributed by atoms with E-state index in [4.69, 9.17) is 4.74 Å². The van der Waals surface area contributed by atoms with E-state index in [2.05, 4.69) is 18.5 Å². The fraction of sp³-hybridized carbons (Fsp3) is 0.300. The molecule has 0 spiro atoms. The van der Waals surface area contributed by atoms with Crippen molar-refractivity contribution in [3.05, 3.63) is 77.6 Å². The first-order chi connectivity index (χ1) is 11.9. The molecule has 0 heterocycles. The molecule has 2 rings (SSSR count). The van der Waals surface area contributed by atoms with Gasteiger partial charge in [-0.1, -0.05) is 32.5 Å². The Kier molecular flexibility index (Phi) is 18.2. The molecule has 2 aromatic rings. The van der Waals surface area contributed by atoms with Crippen molar-refractivity contribution in [2.75, 3.05) is 6.38 Å². The van der Waals surface area contributed by atoms with Gasteiger partial charge in [-0.3, -0.25) is 0 Å². The fourth-order valence-electron chi connectivity index (χ4n) is 1.79. The van der Waals surface area contributed by atoms with E-state index in [1.165, 1.54) is 18.5 Å². The predicted molar refractivity (Wildman–Crippen MR) is 105 cm³/mol. The maximum Gasteiger partial charge on any atom is 1.00 e. The van der Waals surface area contributed by atoms with Gasteiger partial charge in [0.25, 0.3) is 0 Å². The van der Waals surface area contributed by atoms with Gasteiger partial charge in [0.15, 0.2) is 0 Å². The number of rotatable bonds is 4. The van der Waals surface area contributed by atoms with Gasteiger partial charge in [-0.15, -0.1) is 11.6 Å². The Labute approximate surface area is 187 Å². The van der Waals surface area contributed by atoms with Gasteiger partial charge in [0.05, 0.1) is 5.56 Å². The first-order valence-electron chi connectivity index (χ1n) is 7.36. The van der Waals surface area contributed by atoms with Crippen LogP contribution in [0.15, 0.2) is 48.5 Å². The average Bonchev–Trinajstić information content (AvgIpc) is 2.63. The molecular formula is C20H25ClF3NNaO-. The Morgan fingerprint density at radius 1 is 1.07 bits per heavy atom. The summed E-state index contributed by atoms with van der Waals surface area (Å²) in [5, 5.41) is 9.41. The number of halogens is 4. The number of benzene rings is 2. The van der Waals surface area contributed by atoms with E-state index in [-0.39, 0.29) is 49.3 Å². The summed E-state index contributed by atoms with van der Waals surface area (Å²) in [6, 6.07) is 11.7. The molecule has 0 saturated heterocycles. The summed E-state index contributed by atoms with van der Waals surface area (Å²) < 4.78 is 42.7. The molecule has 0 aromatic heterocycles. The Hall–Kier alpha value is -1.01. The van der Waals surface area contributed by atoms with Gasteiger partial charge in [0.2, 0.25) is 0 Å². The first kappa shape index (κ1) is 30.7. The molecule has 27 heavy (non-hydrogen) atoms. The molecule has 0 aliphatic carbocycles. The topological polar surface area (TPSA) is 31.5 Å². The summed E-state index contributed by atoms with van der Waals surface area (Å²) in [7, 11) is 0. The molecule has 0 saturated carbocycles. The van der Waals surface area contributed by atoms with Crippen LogP contribution in [0.4, 0.5) is 13.2 Å². The van der Waals surface area contributed by atoms with Crippen LogP contribution in [0.3, 0.4) is 0 Å². The molecule has 0 aliphatic heterocycles. The number of nitrogens with zero attached hydrogens (tertiary/aromatic N) is 1. The summed E-state index contributed by atoms with van der Waals surface area (Å²) >= 11 is 4.64. The number of hydrogen-bond acceptors (Lipinski definition) is 1. The molecule has 0 bridgehead atoms. The molecule has 0 unspecified atom stereocenters. The SMILES string of the molecule is C.CC(=[N-])c1cccc(COc2ccc(C(F)(F)F)cc2)c1.CCl.[CH2-]C.[Na+]. The largest absolute Gasteiger partial charge is 1.00 e. The zero-order chi connectivity index (χ0) is 19.5. The fourth-order valence-corrected chi connectivity index (χ4v) is 1.79. The van der Waals surface area contributed by atoms with Crippen molar-refractivity contribution in [1.82, 2.24) is 0 Å². The van der Waals surface area contributed by atoms with Crippen molar-refractivity contribution >= 4 is 17.3 Å². The zero-order valence-electron chi connectivity index (χ0n) is 15.4. The third-order valence-electron chi connectivity index (χ3n) is 2.93. The van der Waals surface area contributed by atoms with Crippen LogP contribution >= 0.6 is 11.6 Å². The van der Waals surface area contributed by atoms with E-state index >= 15 is 0 Å². The molecule has 0 atom stereocenters. The minimum atomic E-state index is -4.35. The summed E-state index contributed by atoms with van der Waals surface area (Å²) in [6.45, 7) is 6.79. The quantitative estimate of drug-likeness (QED) is 0.324. The molecule has 7 heteroatoms. The summed E-state index contributed by atoms with van der Waals surface area (Å²) in [4.78, 5) is 0. The smallest absolute Gasteiger partial charge is 0.807 e. The van der Waals surface area contributed by atoms with Crippen LogP contribution in [0.1, 0.15) is 38.0 Å².